The molecule has 0 saturated carbocycles. The summed E-state index contributed by atoms with van der Waals surface area (Å²) < 4.78 is 2.27. The van der Waals surface area contributed by atoms with Crippen LogP contribution in [-0.4, -0.2) is 15.5 Å². The number of rotatable bonds is 4. The van der Waals surface area contributed by atoms with Gasteiger partial charge in [-0.05, 0) is 41.8 Å². The molecule has 29 heavy (non-hydrogen) atoms. The lowest BCUT2D eigenvalue weighted by molar-refractivity contribution is 0.102. The largest absolute Gasteiger partial charge is 0.328 e. The van der Waals surface area contributed by atoms with Gasteiger partial charge >= 0.3 is 0 Å². The average Bonchev–Trinajstić information content (AvgIpc) is 3.39. The number of carbonyl (C=O) groups is 1. The molecule has 0 bridgehead atoms. The second-order valence-corrected chi connectivity index (χ2v) is 7.29. The van der Waals surface area contributed by atoms with Gasteiger partial charge in [-0.25, -0.2) is 4.98 Å². The number of amides is 1. The van der Waals surface area contributed by atoms with Gasteiger partial charge in [-0.2, -0.15) is 0 Å². The number of benzene rings is 3. The number of fused-ring (bicyclic) bond motifs is 1. The fraction of sp³-hybridized carbons (Fsp3) is 0.120. The minimum absolute atomic E-state index is 0.111. The van der Waals surface area contributed by atoms with Crippen molar-refractivity contribution in [3.05, 3.63) is 96.4 Å². The molecular weight excluding hydrogens is 358 g/mol. The van der Waals surface area contributed by atoms with Crippen LogP contribution in [0.25, 0.3) is 22.4 Å². The maximum atomic E-state index is 12.7. The van der Waals surface area contributed by atoms with Crippen LogP contribution in [0.3, 0.4) is 0 Å². The third kappa shape index (κ3) is 3.45. The predicted molar refractivity (Wildman–Crippen MR) is 116 cm³/mol. The highest BCUT2D eigenvalue weighted by atomic mass is 16.1. The molecule has 0 aliphatic carbocycles. The van der Waals surface area contributed by atoms with E-state index in [4.69, 9.17) is 0 Å². The standard InChI is InChI=1S/C25H21N3O/c29-25(20-13-11-19(12-14-20)18-6-2-1-3-7-18)27-22-9-4-8-21(16-22)23-17-26-24-10-5-15-28(23)24/h1-4,6-9,11-14,16-17H,5,10,15H2,(H,27,29). The van der Waals surface area contributed by atoms with Crippen LogP contribution >= 0.6 is 0 Å². The molecule has 1 amide bonds. The number of hydrogen-bond donors (Lipinski definition) is 1. The molecule has 1 aliphatic heterocycles. The normalized spacial score (nSPS) is 12.6. The molecule has 1 aliphatic rings. The Balaban J connectivity index is 1.34. The molecule has 0 fully saturated rings. The van der Waals surface area contributed by atoms with Crippen LogP contribution in [0.5, 0.6) is 0 Å². The Morgan fingerprint density at radius 2 is 1.62 bits per heavy atom. The number of aryl methyl sites for hydroxylation is 1. The Labute approximate surface area is 169 Å². The van der Waals surface area contributed by atoms with Gasteiger partial charge in [0, 0.05) is 29.8 Å². The first-order valence-electron chi connectivity index (χ1n) is 9.90. The fourth-order valence-corrected chi connectivity index (χ4v) is 3.89. The van der Waals surface area contributed by atoms with E-state index in [1.807, 2.05) is 66.9 Å². The van der Waals surface area contributed by atoms with Crippen LogP contribution < -0.4 is 5.32 Å². The highest BCUT2D eigenvalue weighted by Crippen LogP contribution is 2.27. The van der Waals surface area contributed by atoms with E-state index in [0.717, 1.165) is 53.3 Å². The summed E-state index contributed by atoms with van der Waals surface area (Å²) in [6, 6.07) is 25.8. The Morgan fingerprint density at radius 3 is 2.45 bits per heavy atom. The minimum Gasteiger partial charge on any atom is -0.328 e. The number of imidazole rings is 1. The van der Waals surface area contributed by atoms with E-state index in [1.165, 1.54) is 0 Å². The van der Waals surface area contributed by atoms with Gasteiger partial charge in [-0.3, -0.25) is 4.79 Å². The van der Waals surface area contributed by atoms with Crippen molar-refractivity contribution in [2.45, 2.75) is 19.4 Å². The molecule has 5 rings (SSSR count). The molecule has 0 radical (unpaired) electrons. The zero-order valence-corrected chi connectivity index (χ0v) is 16.0. The van der Waals surface area contributed by atoms with Crippen molar-refractivity contribution in [2.24, 2.45) is 0 Å². The van der Waals surface area contributed by atoms with Gasteiger partial charge in [0.25, 0.3) is 5.91 Å². The van der Waals surface area contributed by atoms with Crippen LogP contribution in [0, 0.1) is 0 Å². The van der Waals surface area contributed by atoms with E-state index in [9.17, 15) is 4.79 Å². The van der Waals surface area contributed by atoms with Crippen molar-refractivity contribution in [1.82, 2.24) is 9.55 Å². The SMILES string of the molecule is O=C(Nc1cccc(-c2cnc3n2CCC3)c1)c1ccc(-c2ccccc2)cc1. The second kappa shape index (κ2) is 7.40. The molecule has 0 saturated heterocycles. The molecular formula is C25H21N3O. The monoisotopic (exact) mass is 379 g/mol. The van der Waals surface area contributed by atoms with Crippen molar-refractivity contribution >= 4 is 11.6 Å². The lowest BCUT2D eigenvalue weighted by Crippen LogP contribution is -2.11. The highest BCUT2D eigenvalue weighted by molar-refractivity contribution is 6.04. The zero-order chi connectivity index (χ0) is 19.6. The summed E-state index contributed by atoms with van der Waals surface area (Å²) in [7, 11) is 0. The fourth-order valence-electron chi connectivity index (χ4n) is 3.89. The highest BCUT2D eigenvalue weighted by Gasteiger charge is 2.17. The van der Waals surface area contributed by atoms with E-state index >= 15 is 0 Å². The molecule has 4 nitrogen and oxygen atoms in total. The second-order valence-electron chi connectivity index (χ2n) is 7.29. The molecule has 3 aromatic carbocycles. The maximum Gasteiger partial charge on any atom is 0.255 e. The lowest BCUT2D eigenvalue weighted by atomic mass is 10.0. The molecule has 0 atom stereocenters. The van der Waals surface area contributed by atoms with Gasteiger partial charge in [0.15, 0.2) is 0 Å². The van der Waals surface area contributed by atoms with Gasteiger partial charge in [0.2, 0.25) is 0 Å². The number of nitrogens with one attached hydrogen (secondary N) is 1. The summed E-state index contributed by atoms with van der Waals surface area (Å²) in [5.74, 6) is 1.04. The first kappa shape index (κ1) is 17.4. The molecule has 2 heterocycles. The quantitative estimate of drug-likeness (QED) is 0.515. The van der Waals surface area contributed by atoms with E-state index < -0.39 is 0 Å². The van der Waals surface area contributed by atoms with E-state index in [-0.39, 0.29) is 5.91 Å². The minimum atomic E-state index is -0.111. The zero-order valence-electron chi connectivity index (χ0n) is 16.0. The van der Waals surface area contributed by atoms with Gasteiger partial charge in [-0.15, -0.1) is 0 Å². The smallest absolute Gasteiger partial charge is 0.255 e. The van der Waals surface area contributed by atoms with Gasteiger partial charge in [0.1, 0.15) is 5.82 Å². The van der Waals surface area contributed by atoms with Gasteiger partial charge in [-0.1, -0.05) is 54.6 Å². The summed E-state index contributed by atoms with van der Waals surface area (Å²) in [5, 5.41) is 3.02. The average molecular weight is 379 g/mol. The molecule has 142 valence electrons. The topological polar surface area (TPSA) is 46.9 Å². The summed E-state index contributed by atoms with van der Waals surface area (Å²) in [4.78, 5) is 17.2. The molecule has 0 unspecified atom stereocenters. The summed E-state index contributed by atoms with van der Waals surface area (Å²) in [6.07, 6.45) is 4.11. The Morgan fingerprint density at radius 1 is 0.862 bits per heavy atom. The summed E-state index contributed by atoms with van der Waals surface area (Å²) >= 11 is 0. The number of carbonyl (C=O) groups excluding carboxylic acids is 1. The third-order valence-electron chi connectivity index (χ3n) is 5.39. The molecule has 0 spiro atoms. The first-order chi connectivity index (χ1) is 14.3. The maximum absolute atomic E-state index is 12.7. The molecule has 1 aromatic heterocycles. The predicted octanol–water partition coefficient (Wildman–Crippen LogP) is 5.42. The third-order valence-corrected chi connectivity index (χ3v) is 5.39. The number of hydrogen-bond acceptors (Lipinski definition) is 2. The van der Waals surface area contributed by atoms with Crippen molar-refractivity contribution in [1.29, 1.82) is 0 Å². The Hall–Kier alpha value is -3.66. The van der Waals surface area contributed by atoms with Crippen molar-refractivity contribution in [2.75, 3.05) is 5.32 Å². The van der Waals surface area contributed by atoms with Crippen LogP contribution in [0.4, 0.5) is 5.69 Å². The van der Waals surface area contributed by atoms with Gasteiger partial charge in [0.05, 0.1) is 11.9 Å². The lowest BCUT2D eigenvalue weighted by Gasteiger charge is -2.09. The van der Waals surface area contributed by atoms with Crippen molar-refractivity contribution in [3.8, 4) is 22.4 Å². The van der Waals surface area contributed by atoms with Crippen molar-refractivity contribution < 1.29 is 4.79 Å². The van der Waals surface area contributed by atoms with Gasteiger partial charge < -0.3 is 9.88 Å². The van der Waals surface area contributed by atoms with Crippen molar-refractivity contribution in [3.63, 3.8) is 0 Å². The summed E-state index contributed by atoms with van der Waals surface area (Å²) in [5.41, 5.74) is 5.84. The number of aromatic nitrogens is 2. The van der Waals surface area contributed by atoms with Crippen LogP contribution in [0.15, 0.2) is 85.1 Å². The molecule has 4 heteroatoms. The first-order valence-corrected chi connectivity index (χ1v) is 9.90. The Kier molecular flexibility index (Phi) is 4.45. The number of anilines is 1. The van der Waals surface area contributed by atoms with Crippen LogP contribution in [0.1, 0.15) is 22.6 Å². The molecule has 4 aromatic rings. The Bertz CT molecular complexity index is 1160. The van der Waals surface area contributed by atoms with Crippen LogP contribution in [0.2, 0.25) is 0 Å². The van der Waals surface area contributed by atoms with Crippen LogP contribution in [-0.2, 0) is 13.0 Å². The number of nitrogens with zero attached hydrogens (tertiary/aromatic N) is 2. The molecule has 1 N–H and O–H groups in total. The van der Waals surface area contributed by atoms with E-state index in [2.05, 4.69) is 33.1 Å². The van der Waals surface area contributed by atoms with E-state index in [1.54, 1.807) is 0 Å². The van der Waals surface area contributed by atoms with E-state index in [0.29, 0.717) is 5.56 Å². The summed E-state index contributed by atoms with van der Waals surface area (Å²) in [6.45, 7) is 1.01.